The van der Waals surface area contributed by atoms with Crippen LogP contribution in [0.15, 0.2) is 67.0 Å². The van der Waals surface area contributed by atoms with Gasteiger partial charge in [0.15, 0.2) is 0 Å². The van der Waals surface area contributed by atoms with Crippen LogP contribution < -0.4 is 15.4 Å². The first kappa shape index (κ1) is 17.4. The fraction of sp³-hybridized carbons (Fsp3) is 0.150. The molecule has 2 aromatic heterocycles. The number of rotatable bonds is 7. The van der Waals surface area contributed by atoms with Crippen molar-refractivity contribution in [2.24, 2.45) is 0 Å². The molecule has 6 nitrogen and oxygen atoms in total. The van der Waals surface area contributed by atoms with Crippen molar-refractivity contribution >= 4 is 11.7 Å². The summed E-state index contributed by atoms with van der Waals surface area (Å²) in [5.41, 5.74) is 2.46. The lowest BCUT2D eigenvalue weighted by atomic mass is 10.2. The largest absolute Gasteiger partial charge is 0.497 e. The Bertz CT molecular complexity index is 851. The SMILES string of the molecule is COc1ccc(CNc2cc(C(=O)NCc3ccccn3)ccn2)cc1. The number of ether oxygens (including phenoxy) is 1. The predicted molar refractivity (Wildman–Crippen MR) is 100.0 cm³/mol. The second kappa shape index (κ2) is 8.62. The third-order valence-corrected chi connectivity index (χ3v) is 3.81. The van der Waals surface area contributed by atoms with Crippen LogP contribution in [0.3, 0.4) is 0 Å². The lowest BCUT2D eigenvalue weighted by Gasteiger charge is -2.09. The quantitative estimate of drug-likeness (QED) is 0.686. The average Bonchev–Trinajstić information content (AvgIpc) is 2.72. The molecule has 2 N–H and O–H groups in total. The molecule has 1 aromatic carbocycles. The molecule has 0 aliphatic rings. The Morgan fingerprint density at radius 3 is 2.58 bits per heavy atom. The van der Waals surface area contributed by atoms with Crippen LogP contribution in [0.4, 0.5) is 5.82 Å². The van der Waals surface area contributed by atoms with E-state index in [1.54, 1.807) is 31.6 Å². The van der Waals surface area contributed by atoms with Gasteiger partial charge in [0.1, 0.15) is 11.6 Å². The van der Waals surface area contributed by atoms with Gasteiger partial charge in [0.05, 0.1) is 19.3 Å². The second-order valence-electron chi connectivity index (χ2n) is 5.64. The molecule has 0 saturated carbocycles. The van der Waals surface area contributed by atoms with E-state index in [1.807, 2.05) is 42.5 Å². The minimum Gasteiger partial charge on any atom is -0.497 e. The normalized spacial score (nSPS) is 10.2. The Kier molecular flexibility index (Phi) is 5.77. The highest BCUT2D eigenvalue weighted by Crippen LogP contribution is 2.13. The summed E-state index contributed by atoms with van der Waals surface area (Å²) in [5, 5.41) is 6.08. The first-order valence-corrected chi connectivity index (χ1v) is 8.25. The van der Waals surface area contributed by atoms with Crippen molar-refractivity contribution in [2.45, 2.75) is 13.1 Å². The van der Waals surface area contributed by atoms with Gasteiger partial charge in [-0.15, -0.1) is 0 Å². The number of hydrogen-bond donors (Lipinski definition) is 2. The number of nitrogens with zero attached hydrogens (tertiary/aromatic N) is 2. The van der Waals surface area contributed by atoms with Gasteiger partial charge < -0.3 is 15.4 Å². The number of carbonyl (C=O) groups excluding carboxylic acids is 1. The van der Waals surface area contributed by atoms with E-state index in [9.17, 15) is 4.79 Å². The van der Waals surface area contributed by atoms with E-state index in [0.29, 0.717) is 24.5 Å². The number of anilines is 1. The summed E-state index contributed by atoms with van der Waals surface area (Å²) in [7, 11) is 1.64. The summed E-state index contributed by atoms with van der Waals surface area (Å²) < 4.78 is 5.15. The lowest BCUT2D eigenvalue weighted by Crippen LogP contribution is -2.23. The van der Waals surface area contributed by atoms with Gasteiger partial charge in [-0.2, -0.15) is 0 Å². The van der Waals surface area contributed by atoms with E-state index in [1.165, 1.54) is 0 Å². The van der Waals surface area contributed by atoms with Gasteiger partial charge in [0.25, 0.3) is 5.91 Å². The molecule has 26 heavy (non-hydrogen) atoms. The lowest BCUT2D eigenvalue weighted by molar-refractivity contribution is 0.0950. The van der Waals surface area contributed by atoms with Gasteiger partial charge in [-0.3, -0.25) is 9.78 Å². The second-order valence-corrected chi connectivity index (χ2v) is 5.64. The van der Waals surface area contributed by atoms with Crippen molar-refractivity contribution in [1.82, 2.24) is 15.3 Å². The van der Waals surface area contributed by atoms with Crippen LogP contribution in [0.2, 0.25) is 0 Å². The topological polar surface area (TPSA) is 76.1 Å². The standard InChI is InChI=1S/C20H20N4O2/c1-26-18-7-5-15(6-8-18)13-23-19-12-16(9-11-22-19)20(25)24-14-17-4-2-3-10-21-17/h2-12H,13-14H2,1H3,(H,22,23)(H,24,25). The van der Waals surface area contributed by atoms with Crippen molar-refractivity contribution in [3.63, 3.8) is 0 Å². The van der Waals surface area contributed by atoms with Crippen molar-refractivity contribution in [3.8, 4) is 5.75 Å². The van der Waals surface area contributed by atoms with E-state index in [-0.39, 0.29) is 5.91 Å². The van der Waals surface area contributed by atoms with Crippen LogP contribution in [0, 0.1) is 0 Å². The van der Waals surface area contributed by atoms with E-state index < -0.39 is 0 Å². The number of aromatic nitrogens is 2. The van der Waals surface area contributed by atoms with E-state index >= 15 is 0 Å². The Morgan fingerprint density at radius 1 is 1.00 bits per heavy atom. The molecule has 0 bridgehead atoms. The van der Waals surface area contributed by atoms with Crippen LogP contribution in [0.5, 0.6) is 5.75 Å². The van der Waals surface area contributed by atoms with Gasteiger partial charge in [0.2, 0.25) is 0 Å². The molecule has 0 atom stereocenters. The van der Waals surface area contributed by atoms with Crippen molar-refractivity contribution in [1.29, 1.82) is 0 Å². The van der Waals surface area contributed by atoms with Crippen LogP contribution in [0.25, 0.3) is 0 Å². The number of amides is 1. The monoisotopic (exact) mass is 348 g/mol. The zero-order chi connectivity index (χ0) is 18.2. The van der Waals surface area contributed by atoms with E-state index in [4.69, 9.17) is 4.74 Å². The fourth-order valence-corrected chi connectivity index (χ4v) is 2.38. The molecule has 0 saturated heterocycles. The minimum absolute atomic E-state index is 0.162. The molecule has 0 unspecified atom stereocenters. The fourth-order valence-electron chi connectivity index (χ4n) is 2.38. The number of benzene rings is 1. The summed E-state index contributed by atoms with van der Waals surface area (Å²) in [5.74, 6) is 1.30. The van der Waals surface area contributed by atoms with E-state index in [2.05, 4.69) is 20.6 Å². The third-order valence-electron chi connectivity index (χ3n) is 3.81. The molecule has 132 valence electrons. The summed E-state index contributed by atoms with van der Waals surface area (Å²) in [6, 6.07) is 16.8. The molecule has 2 heterocycles. The number of hydrogen-bond acceptors (Lipinski definition) is 5. The number of carbonyl (C=O) groups is 1. The van der Waals surface area contributed by atoms with Crippen molar-refractivity contribution < 1.29 is 9.53 Å². The zero-order valence-corrected chi connectivity index (χ0v) is 14.5. The predicted octanol–water partition coefficient (Wildman–Crippen LogP) is 3.03. The van der Waals surface area contributed by atoms with Gasteiger partial charge in [-0.1, -0.05) is 18.2 Å². The molecule has 6 heteroatoms. The highest BCUT2D eigenvalue weighted by atomic mass is 16.5. The minimum atomic E-state index is -0.162. The summed E-state index contributed by atoms with van der Waals surface area (Å²) in [6.45, 7) is 0.993. The molecule has 0 aliphatic heterocycles. The molecule has 0 spiro atoms. The maximum atomic E-state index is 12.3. The van der Waals surface area contributed by atoms with Crippen LogP contribution in [-0.2, 0) is 13.1 Å². The molecular formula is C20H20N4O2. The highest BCUT2D eigenvalue weighted by Gasteiger charge is 2.07. The van der Waals surface area contributed by atoms with Gasteiger partial charge in [-0.05, 0) is 42.0 Å². The first-order chi connectivity index (χ1) is 12.7. The maximum Gasteiger partial charge on any atom is 0.251 e. The Balaban J connectivity index is 1.57. The molecule has 0 radical (unpaired) electrons. The molecular weight excluding hydrogens is 328 g/mol. The van der Waals surface area contributed by atoms with Crippen molar-refractivity contribution in [3.05, 3.63) is 83.8 Å². The number of methoxy groups -OCH3 is 1. The Labute approximate surface area is 152 Å². The van der Waals surface area contributed by atoms with E-state index in [0.717, 1.165) is 17.0 Å². The van der Waals surface area contributed by atoms with Gasteiger partial charge in [-0.25, -0.2) is 4.98 Å². The third kappa shape index (κ3) is 4.80. The summed E-state index contributed by atoms with van der Waals surface area (Å²) >= 11 is 0. The average molecular weight is 348 g/mol. The smallest absolute Gasteiger partial charge is 0.251 e. The number of pyridine rings is 2. The van der Waals surface area contributed by atoms with Crippen LogP contribution >= 0.6 is 0 Å². The zero-order valence-electron chi connectivity index (χ0n) is 14.5. The number of nitrogens with one attached hydrogen (secondary N) is 2. The van der Waals surface area contributed by atoms with Gasteiger partial charge >= 0.3 is 0 Å². The van der Waals surface area contributed by atoms with Crippen molar-refractivity contribution in [2.75, 3.05) is 12.4 Å². The molecule has 3 aromatic rings. The first-order valence-electron chi connectivity index (χ1n) is 8.25. The molecule has 3 rings (SSSR count). The molecule has 0 aliphatic carbocycles. The molecule has 1 amide bonds. The summed E-state index contributed by atoms with van der Waals surface area (Å²) in [6.07, 6.45) is 3.32. The highest BCUT2D eigenvalue weighted by molar-refractivity contribution is 5.94. The maximum absolute atomic E-state index is 12.3. The van der Waals surface area contributed by atoms with Gasteiger partial charge in [0, 0.05) is 24.5 Å². The van der Waals surface area contributed by atoms with Crippen LogP contribution in [-0.4, -0.2) is 23.0 Å². The molecule has 0 fully saturated rings. The summed E-state index contributed by atoms with van der Waals surface area (Å²) in [4.78, 5) is 20.8. The Hall–Kier alpha value is -3.41. The Morgan fingerprint density at radius 2 is 1.85 bits per heavy atom. The van der Waals surface area contributed by atoms with Crippen LogP contribution in [0.1, 0.15) is 21.6 Å².